The van der Waals surface area contributed by atoms with E-state index in [4.69, 9.17) is 12.3 Å². The third kappa shape index (κ3) is 2.13. The second kappa shape index (κ2) is 5.16. The van der Waals surface area contributed by atoms with Crippen LogP contribution in [0.5, 0.6) is 0 Å². The fraction of sp³-hybridized carbons (Fsp3) is 0.143. The molecule has 0 fully saturated rings. The molecule has 0 heterocycles. The van der Waals surface area contributed by atoms with Gasteiger partial charge in [0, 0.05) is 5.19 Å². The van der Waals surface area contributed by atoms with E-state index in [9.17, 15) is 0 Å². The van der Waals surface area contributed by atoms with Crippen molar-refractivity contribution in [2.75, 3.05) is 0 Å². The monoisotopic (exact) mass is 260 g/mol. The van der Waals surface area contributed by atoms with Crippen LogP contribution in [-0.2, 0) is 12.3 Å². The summed E-state index contributed by atoms with van der Waals surface area (Å²) in [5.41, 5.74) is 1.20. The highest BCUT2D eigenvalue weighted by Crippen LogP contribution is 2.08. The van der Waals surface area contributed by atoms with Crippen LogP contribution in [0.15, 0.2) is 24.3 Å². The first-order valence-electron chi connectivity index (χ1n) is 4.41. The van der Waals surface area contributed by atoms with Gasteiger partial charge in [0.2, 0.25) is 0 Å². The maximum absolute atomic E-state index is 5.61. The quantitative estimate of drug-likeness (QED) is 0.541. The van der Waals surface area contributed by atoms with Crippen LogP contribution in [0.2, 0.25) is 0 Å². The fourth-order valence-corrected chi connectivity index (χ4v) is 11.5. The van der Waals surface area contributed by atoms with Gasteiger partial charge in [-0.25, -0.2) is 0 Å². The Morgan fingerprint density at radius 1 is 1.00 bits per heavy atom. The van der Waals surface area contributed by atoms with Crippen LogP contribution in [0.3, 0.4) is 0 Å². The largest absolute Gasteiger partial charge is 0.504 e. The van der Waals surface area contributed by atoms with Crippen LogP contribution in [0.1, 0.15) is 5.56 Å². The lowest BCUT2D eigenvalue weighted by Gasteiger charge is -2.27. The van der Waals surface area contributed by atoms with Crippen molar-refractivity contribution in [3.05, 3.63) is 29.8 Å². The maximum atomic E-state index is 5.61. The Kier molecular flexibility index (Phi) is 4.44. The summed E-state index contributed by atoms with van der Waals surface area (Å²) < 4.78 is 16.8. The molecule has 0 aromatic heterocycles. The van der Waals surface area contributed by atoms with Crippen molar-refractivity contribution in [1.29, 1.82) is 0 Å². The van der Waals surface area contributed by atoms with Crippen molar-refractivity contribution >= 4 is 45.4 Å². The summed E-state index contributed by atoms with van der Waals surface area (Å²) in [4.78, 5) is 0. The molecule has 0 bridgehead atoms. The highest BCUT2D eigenvalue weighted by Gasteiger charge is 2.39. The summed E-state index contributed by atoms with van der Waals surface area (Å²) in [5.74, 6) is 0. The zero-order valence-electron chi connectivity index (χ0n) is 9.03. The third-order valence-electron chi connectivity index (χ3n) is 2.28. The Hall–Kier alpha value is -0.0325. The average molecular weight is 261 g/mol. The summed E-state index contributed by atoms with van der Waals surface area (Å²) in [6.07, 6.45) is 0. The van der Waals surface area contributed by atoms with Crippen LogP contribution >= 0.6 is 0 Å². The topological polar surface area (TPSA) is 27.7 Å². The molecule has 78 valence electrons. The summed E-state index contributed by atoms with van der Waals surface area (Å²) in [7, 11) is -0.490. The molecule has 0 saturated heterocycles. The Morgan fingerprint density at radius 2 is 1.50 bits per heavy atom. The van der Waals surface area contributed by atoms with Crippen molar-refractivity contribution in [3.8, 4) is 0 Å². The van der Waals surface area contributed by atoms with Gasteiger partial charge < -0.3 is 12.3 Å². The van der Waals surface area contributed by atoms with Gasteiger partial charge >= 0.3 is 8.80 Å². The van der Waals surface area contributed by atoms with Crippen LogP contribution in [0, 0.1) is 6.92 Å². The second-order valence-electron chi connectivity index (χ2n) is 2.98. The van der Waals surface area contributed by atoms with Gasteiger partial charge in [0.15, 0.2) is 0 Å². The maximum Gasteiger partial charge on any atom is 0.504 e. The first kappa shape index (κ1) is 12.0. The molecule has 0 atom stereocenters. The van der Waals surface area contributed by atoms with Gasteiger partial charge in [0.05, 0.1) is 0 Å². The van der Waals surface area contributed by atoms with E-state index in [0.29, 0.717) is 31.5 Å². The molecule has 0 radical (unpaired) electrons. The van der Waals surface area contributed by atoms with E-state index in [1.165, 1.54) is 5.56 Å². The number of aryl methyl sites for hydroxylation is 1. The average Bonchev–Trinajstić information content (AvgIpc) is 2.24. The van der Waals surface area contributed by atoms with Crippen LogP contribution in [0.25, 0.3) is 0 Å². The number of benzene rings is 1. The Bertz CT molecular complexity index is 294. The zero-order valence-corrected chi connectivity index (χ0v) is 16.0. The predicted octanol–water partition coefficient (Wildman–Crippen LogP) is -2.97. The molecule has 0 spiro atoms. The normalized spacial score (nSPS) is 15.8. The summed E-state index contributed by atoms with van der Waals surface area (Å²) in [6.45, 7) is 2.07. The molecule has 1 rings (SSSR count). The van der Waals surface area contributed by atoms with Crippen molar-refractivity contribution in [3.63, 3.8) is 0 Å². The zero-order chi connectivity index (χ0) is 10.6. The van der Waals surface area contributed by atoms with E-state index in [-0.39, 0.29) is 0 Å². The lowest BCUT2D eigenvalue weighted by Crippen LogP contribution is -2.56. The first-order chi connectivity index (χ1) is 6.70. The van der Waals surface area contributed by atoms with E-state index < -0.39 is 8.80 Å². The summed E-state index contributed by atoms with van der Waals surface area (Å²) >= 11 is 0. The second-order valence-corrected chi connectivity index (χ2v) is 9.53. The first-order valence-corrected chi connectivity index (χ1v) is 8.59. The van der Waals surface area contributed by atoms with E-state index in [1.807, 2.05) is 12.1 Å². The molecule has 0 aliphatic rings. The van der Waals surface area contributed by atoms with E-state index in [2.05, 4.69) is 19.1 Å². The van der Waals surface area contributed by atoms with Crippen molar-refractivity contribution in [2.24, 2.45) is 0 Å². The SMILES string of the molecule is Cc1ccccc1[Si](O[SiH3])(O[SiH3])O[SiH3]. The molecule has 0 N–H and O–H groups in total. The predicted molar refractivity (Wildman–Crippen MR) is 69.6 cm³/mol. The number of rotatable bonds is 4. The minimum atomic E-state index is -2.45. The van der Waals surface area contributed by atoms with E-state index >= 15 is 0 Å². The minimum absolute atomic E-state index is 0.654. The highest BCUT2D eigenvalue weighted by atomic mass is 28.5. The fourth-order valence-electron chi connectivity index (χ4n) is 1.50. The molecular formula is C7H16O3Si4. The molecule has 1 aromatic rings. The number of hydrogen-bond donors (Lipinski definition) is 0. The standard InChI is InChI=1S/C7H16O3Si4/c1-6-4-2-3-5-7(6)14(8-11,9-12)10-13/h2-5H,1,11-13H3. The minimum Gasteiger partial charge on any atom is -0.422 e. The van der Waals surface area contributed by atoms with Gasteiger partial charge in [-0.2, -0.15) is 0 Å². The molecule has 0 aliphatic heterocycles. The molecule has 0 amide bonds. The number of hydrogen-bond acceptors (Lipinski definition) is 3. The van der Waals surface area contributed by atoms with Crippen molar-refractivity contribution in [1.82, 2.24) is 0 Å². The van der Waals surface area contributed by atoms with E-state index in [1.54, 1.807) is 0 Å². The summed E-state index contributed by atoms with van der Waals surface area (Å²) in [6, 6.07) is 8.14. The Labute approximate surface area is 94.8 Å². The molecule has 0 unspecified atom stereocenters. The lowest BCUT2D eigenvalue weighted by molar-refractivity contribution is 0.318. The Morgan fingerprint density at radius 3 is 1.93 bits per heavy atom. The molecule has 0 aliphatic carbocycles. The molecule has 0 saturated carbocycles. The van der Waals surface area contributed by atoms with Crippen LogP contribution < -0.4 is 5.19 Å². The van der Waals surface area contributed by atoms with Crippen LogP contribution in [0.4, 0.5) is 0 Å². The molecule has 3 nitrogen and oxygen atoms in total. The highest BCUT2D eigenvalue weighted by molar-refractivity contribution is 6.81. The van der Waals surface area contributed by atoms with Crippen molar-refractivity contribution in [2.45, 2.75) is 6.92 Å². The third-order valence-corrected chi connectivity index (χ3v) is 9.95. The van der Waals surface area contributed by atoms with Gasteiger partial charge in [0.25, 0.3) is 0 Å². The smallest absolute Gasteiger partial charge is 0.422 e. The summed E-state index contributed by atoms with van der Waals surface area (Å²) in [5, 5.41) is 1.13. The molecule has 7 heteroatoms. The van der Waals surface area contributed by atoms with E-state index in [0.717, 1.165) is 5.19 Å². The lowest BCUT2D eigenvalue weighted by atomic mass is 10.2. The van der Waals surface area contributed by atoms with Crippen LogP contribution in [-0.4, -0.2) is 40.3 Å². The van der Waals surface area contributed by atoms with Gasteiger partial charge in [-0.3, -0.25) is 0 Å². The molecule has 1 aromatic carbocycles. The van der Waals surface area contributed by atoms with Gasteiger partial charge in [-0.1, -0.05) is 24.3 Å². The van der Waals surface area contributed by atoms with Gasteiger partial charge in [0.1, 0.15) is 31.5 Å². The van der Waals surface area contributed by atoms with Crippen molar-refractivity contribution < 1.29 is 12.3 Å². The van der Waals surface area contributed by atoms with Gasteiger partial charge in [-0.05, 0) is 12.5 Å². The molecular weight excluding hydrogens is 244 g/mol. The van der Waals surface area contributed by atoms with Gasteiger partial charge in [-0.15, -0.1) is 0 Å². The Balaban J connectivity index is 3.17. The molecule has 14 heavy (non-hydrogen) atoms.